The van der Waals surface area contributed by atoms with Gasteiger partial charge in [0.15, 0.2) is 0 Å². The Morgan fingerprint density at radius 2 is 2.00 bits per heavy atom. The van der Waals surface area contributed by atoms with Crippen LogP contribution in [0.2, 0.25) is 0 Å². The summed E-state index contributed by atoms with van der Waals surface area (Å²) in [6.45, 7) is 2.30. The topological polar surface area (TPSA) is 67.3 Å². The quantitative estimate of drug-likeness (QED) is 0.914. The zero-order valence-corrected chi connectivity index (χ0v) is 13.9. The van der Waals surface area contributed by atoms with Crippen molar-refractivity contribution in [2.45, 2.75) is 25.8 Å². The van der Waals surface area contributed by atoms with E-state index in [0.29, 0.717) is 18.2 Å². The molecule has 1 saturated heterocycles. The van der Waals surface area contributed by atoms with Gasteiger partial charge in [0.25, 0.3) is 5.91 Å². The van der Waals surface area contributed by atoms with Gasteiger partial charge in [-0.15, -0.1) is 0 Å². The number of methoxy groups -OCH3 is 1. The number of rotatable bonds is 5. The van der Waals surface area contributed by atoms with Gasteiger partial charge in [0.1, 0.15) is 11.4 Å². The lowest BCUT2D eigenvalue weighted by Gasteiger charge is -2.26. The summed E-state index contributed by atoms with van der Waals surface area (Å²) in [7, 11) is 1.62. The number of benzene rings is 1. The first-order valence-electron chi connectivity index (χ1n) is 8.26. The van der Waals surface area contributed by atoms with E-state index in [2.05, 4.69) is 20.2 Å². The van der Waals surface area contributed by atoms with Crippen LogP contribution in [0.25, 0.3) is 0 Å². The van der Waals surface area contributed by atoms with Crippen LogP contribution in [0.5, 0.6) is 5.75 Å². The number of carbonyl (C=O) groups is 1. The van der Waals surface area contributed by atoms with Gasteiger partial charge in [-0.1, -0.05) is 18.2 Å². The van der Waals surface area contributed by atoms with Crippen molar-refractivity contribution in [3.63, 3.8) is 0 Å². The molecule has 6 heteroatoms. The molecule has 1 fully saturated rings. The molecule has 6 nitrogen and oxygen atoms in total. The molecule has 2 heterocycles. The highest BCUT2D eigenvalue weighted by atomic mass is 16.5. The maximum atomic E-state index is 12.4. The van der Waals surface area contributed by atoms with Crippen LogP contribution < -0.4 is 15.0 Å². The van der Waals surface area contributed by atoms with Gasteiger partial charge in [-0.2, -0.15) is 0 Å². The molecule has 1 aliphatic heterocycles. The lowest BCUT2D eigenvalue weighted by atomic mass is 10.1. The Bertz CT molecular complexity index is 699. The van der Waals surface area contributed by atoms with Crippen LogP contribution in [0.1, 0.15) is 35.3 Å². The van der Waals surface area contributed by atoms with E-state index in [1.165, 1.54) is 6.42 Å². The summed E-state index contributed by atoms with van der Waals surface area (Å²) in [5.74, 6) is 1.19. The van der Waals surface area contributed by atoms with E-state index in [0.717, 1.165) is 37.2 Å². The van der Waals surface area contributed by atoms with Crippen molar-refractivity contribution in [3.8, 4) is 5.75 Å². The van der Waals surface area contributed by atoms with Gasteiger partial charge < -0.3 is 15.0 Å². The molecule has 0 saturated carbocycles. The standard InChI is InChI=1S/C18H22N4O2/c1-24-16-8-4-3-7-14(16)13-20-17(23)15-9-10-19-18(21-15)22-11-5-2-6-12-22/h3-4,7-10H,2,5-6,11-13H2,1H3,(H,20,23). The van der Waals surface area contributed by atoms with Crippen LogP contribution in [-0.4, -0.2) is 36.1 Å². The number of hydrogen-bond acceptors (Lipinski definition) is 5. The normalized spacial score (nSPS) is 14.3. The number of nitrogens with zero attached hydrogens (tertiary/aromatic N) is 3. The van der Waals surface area contributed by atoms with Crippen LogP contribution in [0, 0.1) is 0 Å². The van der Waals surface area contributed by atoms with Crippen LogP contribution in [0.4, 0.5) is 5.95 Å². The number of aromatic nitrogens is 2. The van der Waals surface area contributed by atoms with Crippen LogP contribution in [-0.2, 0) is 6.54 Å². The summed E-state index contributed by atoms with van der Waals surface area (Å²) in [5, 5.41) is 2.89. The molecule has 1 N–H and O–H groups in total. The van der Waals surface area contributed by atoms with Crippen LogP contribution >= 0.6 is 0 Å². The number of carbonyl (C=O) groups excluding carboxylic acids is 1. The highest BCUT2D eigenvalue weighted by Gasteiger charge is 2.16. The molecule has 2 aromatic rings. The fourth-order valence-corrected chi connectivity index (χ4v) is 2.84. The largest absolute Gasteiger partial charge is 0.496 e. The van der Waals surface area contributed by atoms with Crippen molar-refractivity contribution in [2.75, 3.05) is 25.1 Å². The first kappa shape index (κ1) is 16.2. The maximum absolute atomic E-state index is 12.4. The number of piperidine rings is 1. The third kappa shape index (κ3) is 3.82. The predicted octanol–water partition coefficient (Wildman–Crippen LogP) is 2.41. The van der Waals surface area contributed by atoms with E-state index in [9.17, 15) is 4.79 Å². The van der Waals surface area contributed by atoms with E-state index < -0.39 is 0 Å². The Labute approximate surface area is 141 Å². The lowest BCUT2D eigenvalue weighted by molar-refractivity contribution is 0.0945. The number of nitrogens with one attached hydrogen (secondary N) is 1. The number of anilines is 1. The van der Waals surface area contributed by atoms with Gasteiger partial charge in [-0.3, -0.25) is 4.79 Å². The van der Waals surface area contributed by atoms with Crippen molar-refractivity contribution in [2.24, 2.45) is 0 Å². The fraction of sp³-hybridized carbons (Fsp3) is 0.389. The Balaban J connectivity index is 1.66. The molecule has 0 spiro atoms. The smallest absolute Gasteiger partial charge is 0.270 e. The molecule has 1 aliphatic rings. The van der Waals surface area contributed by atoms with Crippen LogP contribution in [0.15, 0.2) is 36.5 Å². The van der Waals surface area contributed by atoms with Crippen molar-refractivity contribution in [1.82, 2.24) is 15.3 Å². The van der Waals surface area contributed by atoms with Crippen LogP contribution in [0.3, 0.4) is 0 Å². The van der Waals surface area contributed by atoms with E-state index in [-0.39, 0.29) is 5.91 Å². The summed E-state index contributed by atoms with van der Waals surface area (Å²) in [6, 6.07) is 9.27. The number of hydrogen-bond donors (Lipinski definition) is 1. The van der Waals surface area contributed by atoms with E-state index >= 15 is 0 Å². The average Bonchev–Trinajstić information content (AvgIpc) is 2.67. The van der Waals surface area contributed by atoms with Crippen molar-refractivity contribution < 1.29 is 9.53 Å². The Kier molecular flexibility index (Phi) is 5.25. The second kappa shape index (κ2) is 7.77. The predicted molar refractivity (Wildman–Crippen MR) is 92.3 cm³/mol. The van der Waals surface area contributed by atoms with Gasteiger partial charge in [-0.05, 0) is 31.4 Å². The molecule has 126 valence electrons. The van der Waals surface area contributed by atoms with E-state index in [4.69, 9.17) is 4.74 Å². The molecule has 0 bridgehead atoms. The summed E-state index contributed by atoms with van der Waals surface area (Å²) in [4.78, 5) is 23.3. The third-order valence-electron chi connectivity index (χ3n) is 4.15. The second-order valence-electron chi connectivity index (χ2n) is 5.78. The SMILES string of the molecule is COc1ccccc1CNC(=O)c1ccnc(N2CCCCC2)n1. The Morgan fingerprint density at radius 3 is 2.79 bits per heavy atom. The second-order valence-corrected chi connectivity index (χ2v) is 5.78. The molecule has 0 atom stereocenters. The average molecular weight is 326 g/mol. The van der Waals surface area contributed by atoms with Gasteiger partial charge in [0.05, 0.1) is 7.11 Å². The van der Waals surface area contributed by atoms with Gasteiger partial charge in [-0.25, -0.2) is 9.97 Å². The Hall–Kier alpha value is -2.63. The number of amides is 1. The molecule has 1 aromatic heterocycles. The minimum Gasteiger partial charge on any atom is -0.496 e. The number of ether oxygens (including phenoxy) is 1. The maximum Gasteiger partial charge on any atom is 0.270 e. The van der Waals surface area contributed by atoms with Gasteiger partial charge >= 0.3 is 0 Å². The fourth-order valence-electron chi connectivity index (χ4n) is 2.84. The third-order valence-corrected chi connectivity index (χ3v) is 4.15. The molecule has 0 aliphatic carbocycles. The molecular formula is C18H22N4O2. The molecule has 3 rings (SSSR count). The van der Waals surface area contributed by atoms with Crippen molar-refractivity contribution >= 4 is 11.9 Å². The summed E-state index contributed by atoms with van der Waals surface area (Å²) in [6.07, 6.45) is 5.19. The zero-order valence-electron chi connectivity index (χ0n) is 13.9. The first-order valence-corrected chi connectivity index (χ1v) is 8.26. The molecular weight excluding hydrogens is 304 g/mol. The Morgan fingerprint density at radius 1 is 1.21 bits per heavy atom. The zero-order chi connectivity index (χ0) is 16.8. The summed E-state index contributed by atoms with van der Waals surface area (Å²) in [5.41, 5.74) is 1.32. The molecule has 1 amide bonds. The summed E-state index contributed by atoms with van der Waals surface area (Å²) >= 11 is 0. The van der Waals surface area contributed by atoms with Crippen molar-refractivity contribution in [3.05, 3.63) is 47.8 Å². The van der Waals surface area contributed by atoms with E-state index in [1.54, 1.807) is 19.4 Å². The minimum atomic E-state index is -0.207. The van der Waals surface area contributed by atoms with Gasteiger partial charge in [0.2, 0.25) is 5.95 Å². The highest BCUT2D eigenvalue weighted by molar-refractivity contribution is 5.92. The molecule has 1 aromatic carbocycles. The monoisotopic (exact) mass is 326 g/mol. The minimum absolute atomic E-state index is 0.207. The highest BCUT2D eigenvalue weighted by Crippen LogP contribution is 2.17. The lowest BCUT2D eigenvalue weighted by Crippen LogP contribution is -2.32. The van der Waals surface area contributed by atoms with Crippen molar-refractivity contribution in [1.29, 1.82) is 0 Å². The molecule has 0 unspecified atom stereocenters. The van der Waals surface area contributed by atoms with Gasteiger partial charge in [0, 0.05) is 31.4 Å². The molecule has 0 radical (unpaired) electrons. The summed E-state index contributed by atoms with van der Waals surface area (Å²) < 4.78 is 5.30. The molecule has 24 heavy (non-hydrogen) atoms. The first-order chi connectivity index (χ1) is 11.8. The number of para-hydroxylation sites is 1. The van der Waals surface area contributed by atoms with E-state index in [1.807, 2.05) is 24.3 Å².